The van der Waals surface area contributed by atoms with E-state index >= 15 is 0 Å². The molecular formula is C17H17O2PS. The van der Waals surface area contributed by atoms with E-state index in [2.05, 4.69) is 0 Å². The van der Waals surface area contributed by atoms with Crippen LogP contribution in [0, 0.1) is 0 Å². The lowest BCUT2D eigenvalue weighted by Crippen LogP contribution is -2.29. The molecule has 1 aromatic heterocycles. The summed E-state index contributed by atoms with van der Waals surface area (Å²) in [4.78, 5) is 0.720. The van der Waals surface area contributed by atoms with Gasteiger partial charge in [0, 0.05) is 10.2 Å². The Balaban J connectivity index is 2.28. The van der Waals surface area contributed by atoms with Gasteiger partial charge in [-0.2, -0.15) is 0 Å². The highest BCUT2D eigenvalue weighted by molar-refractivity contribution is 7.75. The average molecular weight is 316 g/mol. The van der Waals surface area contributed by atoms with Crippen molar-refractivity contribution in [3.8, 4) is 0 Å². The molecule has 3 rings (SSSR count). The Labute approximate surface area is 128 Å². The van der Waals surface area contributed by atoms with Crippen LogP contribution in [0.1, 0.15) is 18.7 Å². The number of aliphatic hydroxyl groups is 1. The number of allylic oxidation sites excluding steroid dienone is 2. The Kier molecular flexibility index (Phi) is 3.53. The molecule has 0 saturated carbocycles. The second kappa shape index (κ2) is 5.10. The van der Waals surface area contributed by atoms with Gasteiger partial charge in [0.25, 0.3) is 0 Å². The van der Waals surface area contributed by atoms with Crippen molar-refractivity contribution >= 4 is 23.8 Å². The van der Waals surface area contributed by atoms with E-state index in [0.717, 1.165) is 16.0 Å². The summed E-state index contributed by atoms with van der Waals surface area (Å²) in [5, 5.41) is 12.5. The lowest BCUT2D eigenvalue weighted by Gasteiger charge is -2.35. The zero-order chi connectivity index (χ0) is 15.1. The number of thiophene rings is 1. The summed E-state index contributed by atoms with van der Waals surface area (Å²) in [6.45, 7) is 3.88. The molecule has 0 fully saturated rings. The lowest BCUT2D eigenvalue weighted by molar-refractivity contribution is 0.179. The van der Waals surface area contributed by atoms with Gasteiger partial charge in [-0.1, -0.05) is 36.4 Å². The van der Waals surface area contributed by atoms with Crippen LogP contribution in [0.2, 0.25) is 0 Å². The fourth-order valence-corrected chi connectivity index (χ4v) is 6.78. The van der Waals surface area contributed by atoms with Gasteiger partial charge in [0.2, 0.25) is 0 Å². The SMILES string of the molecule is CC1=CC(O)(c2cccs2)P(=O)(c2ccccc2)C=C1C. The molecule has 1 aromatic carbocycles. The van der Waals surface area contributed by atoms with Gasteiger partial charge < -0.3 is 9.67 Å². The van der Waals surface area contributed by atoms with Gasteiger partial charge in [-0.05, 0) is 48.3 Å². The maximum absolute atomic E-state index is 13.8. The Morgan fingerprint density at radius 2 is 1.76 bits per heavy atom. The Bertz CT molecular complexity index is 759. The highest BCUT2D eigenvalue weighted by Gasteiger charge is 2.49. The van der Waals surface area contributed by atoms with Crippen molar-refractivity contribution in [3.63, 3.8) is 0 Å². The summed E-state index contributed by atoms with van der Waals surface area (Å²) in [5.74, 6) is 1.76. The fraction of sp³-hybridized carbons (Fsp3) is 0.176. The molecule has 0 aliphatic carbocycles. The molecule has 2 aromatic rings. The molecule has 1 aliphatic rings. The van der Waals surface area contributed by atoms with Gasteiger partial charge in [0.15, 0.2) is 12.5 Å². The van der Waals surface area contributed by atoms with Gasteiger partial charge in [-0.15, -0.1) is 11.3 Å². The maximum atomic E-state index is 13.8. The molecule has 2 heterocycles. The first-order valence-corrected chi connectivity index (χ1v) is 9.44. The second-order valence-electron chi connectivity index (χ2n) is 5.34. The molecular weight excluding hydrogens is 299 g/mol. The van der Waals surface area contributed by atoms with E-state index in [9.17, 15) is 9.67 Å². The molecule has 0 radical (unpaired) electrons. The van der Waals surface area contributed by atoms with Crippen LogP contribution < -0.4 is 5.30 Å². The molecule has 1 N–H and O–H groups in total. The zero-order valence-corrected chi connectivity index (χ0v) is 13.7. The smallest absolute Gasteiger partial charge is 0.178 e. The van der Waals surface area contributed by atoms with Gasteiger partial charge >= 0.3 is 0 Å². The fourth-order valence-electron chi connectivity index (χ4n) is 2.63. The van der Waals surface area contributed by atoms with Gasteiger partial charge in [-0.3, -0.25) is 0 Å². The minimum Gasteiger partial charge on any atom is -0.373 e. The van der Waals surface area contributed by atoms with E-state index in [1.807, 2.05) is 61.7 Å². The van der Waals surface area contributed by atoms with Crippen LogP contribution in [-0.2, 0) is 9.91 Å². The third kappa shape index (κ3) is 2.17. The monoisotopic (exact) mass is 316 g/mol. The minimum absolute atomic E-state index is 0.684. The van der Waals surface area contributed by atoms with E-state index in [-0.39, 0.29) is 0 Å². The molecule has 0 saturated heterocycles. The number of hydrogen-bond acceptors (Lipinski definition) is 3. The molecule has 0 bridgehead atoms. The van der Waals surface area contributed by atoms with E-state index in [1.165, 1.54) is 11.3 Å². The van der Waals surface area contributed by atoms with Crippen LogP contribution in [0.15, 0.2) is 70.9 Å². The minimum atomic E-state index is -3.14. The van der Waals surface area contributed by atoms with Crippen LogP contribution in [0.3, 0.4) is 0 Å². The third-order valence-corrected chi connectivity index (χ3v) is 8.29. The predicted molar refractivity (Wildman–Crippen MR) is 89.4 cm³/mol. The first kappa shape index (κ1) is 14.5. The summed E-state index contributed by atoms with van der Waals surface area (Å²) in [5.41, 5.74) is 1.93. The molecule has 2 nitrogen and oxygen atoms in total. The van der Waals surface area contributed by atoms with E-state index in [4.69, 9.17) is 0 Å². The molecule has 0 spiro atoms. The van der Waals surface area contributed by atoms with Crippen LogP contribution in [0.25, 0.3) is 0 Å². The Hall–Kier alpha value is -1.41. The van der Waals surface area contributed by atoms with Crippen molar-refractivity contribution in [2.75, 3.05) is 0 Å². The first-order chi connectivity index (χ1) is 9.97. The quantitative estimate of drug-likeness (QED) is 0.831. The highest BCUT2D eigenvalue weighted by Crippen LogP contribution is 2.66. The van der Waals surface area contributed by atoms with E-state index < -0.39 is 12.5 Å². The normalized spacial score (nSPS) is 28.9. The van der Waals surface area contributed by atoms with E-state index in [0.29, 0.717) is 5.30 Å². The predicted octanol–water partition coefficient (Wildman–Crippen LogP) is 4.45. The molecule has 4 heteroatoms. The maximum Gasteiger partial charge on any atom is 0.178 e. The molecule has 1 aliphatic heterocycles. The third-order valence-electron chi connectivity index (χ3n) is 3.95. The molecule has 2 unspecified atom stereocenters. The van der Waals surface area contributed by atoms with Crippen LogP contribution in [0.4, 0.5) is 0 Å². The topological polar surface area (TPSA) is 37.3 Å². The van der Waals surface area contributed by atoms with Crippen molar-refractivity contribution in [1.82, 2.24) is 0 Å². The van der Waals surface area contributed by atoms with Crippen LogP contribution in [0.5, 0.6) is 0 Å². The van der Waals surface area contributed by atoms with Crippen molar-refractivity contribution in [3.05, 3.63) is 75.8 Å². The van der Waals surface area contributed by atoms with Gasteiger partial charge in [-0.25, -0.2) is 0 Å². The second-order valence-corrected chi connectivity index (χ2v) is 9.06. The largest absolute Gasteiger partial charge is 0.373 e. The summed E-state index contributed by atoms with van der Waals surface area (Å²) in [6, 6.07) is 13.0. The number of hydrogen-bond donors (Lipinski definition) is 1. The van der Waals surface area contributed by atoms with Gasteiger partial charge in [0.05, 0.1) is 0 Å². The summed E-state index contributed by atoms with van der Waals surface area (Å²) < 4.78 is 13.8. The van der Waals surface area contributed by atoms with Crippen molar-refractivity contribution in [2.45, 2.75) is 19.2 Å². The molecule has 0 amide bonds. The van der Waals surface area contributed by atoms with Crippen molar-refractivity contribution in [1.29, 1.82) is 0 Å². The zero-order valence-electron chi connectivity index (χ0n) is 12.0. The van der Waals surface area contributed by atoms with E-state index in [1.54, 1.807) is 11.9 Å². The van der Waals surface area contributed by atoms with Crippen molar-refractivity contribution < 1.29 is 9.67 Å². The Morgan fingerprint density at radius 1 is 1.05 bits per heavy atom. The summed E-state index contributed by atoms with van der Waals surface area (Å²) >= 11 is 1.43. The number of rotatable bonds is 2. The molecule has 21 heavy (non-hydrogen) atoms. The Morgan fingerprint density at radius 3 is 2.38 bits per heavy atom. The van der Waals surface area contributed by atoms with Crippen LogP contribution >= 0.6 is 18.5 Å². The average Bonchev–Trinajstić information content (AvgIpc) is 3.01. The first-order valence-electron chi connectivity index (χ1n) is 6.78. The summed E-state index contributed by atoms with van der Waals surface area (Å²) in [7, 11) is -3.14. The lowest BCUT2D eigenvalue weighted by atomic mass is 10.1. The van der Waals surface area contributed by atoms with Crippen LogP contribution in [-0.4, -0.2) is 5.11 Å². The number of benzene rings is 1. The van der Waals surface area contributed by atoms with Gasteiger partial charge in [0.1, 0.15) is 0 Å². The van der Waals surface area contributed by atoms with Crippen molar-refractivity contribution in [2.24, 2.45) is 0 Å². The molecule has 2 atom stereocenters. The standard InChI is InChI=1S/C17H17O2PS/c1-13-11-17(18,16-9-6-10-21-16)20(19,12-14(13)2)15-7-4-3-5-8-15/h3-12,18H,1-2H3. The molecule has 108 valence electrons. The summed E-state index contributed by atoms with van der Waals surface area (Å²) in [6.07, 6.45) is 1.75. The highest BCUT2D eigenvalue weighted by atomic mass is 32.1.